The Hall–Kier alpha value is -3.66. The number of carbonyl (C=O) groups excluding carboxylic acids is 1. The highest BCUT2D eigenvalue weighted by atomic mass is 19.4. The van der Waals surface area contributed by atoms with Crippen LogP contribution in [0.2, 0.25) is 0 Å². The van der Waals surface area contributed by atoms with Gasteiger partial charge in [0.2, 0.25) is 0 Å². The highest BCUT2D eigenvalue weighted by Crippen LogP contribution is 2.30. The fourth-order valence-electron chi connectivity index (χ4n) is 3.32. The summed E-state index contributed by atoms with van der Waals surface area (Å²) in [5, 5.41) is 0. The molecule has 1 amide bonds. The molecule has 10 heteroatoms. The average molecular weight is 444 g/mol. The zero-order valence-electron chi connectivity index (χ0n) is 16.8. The van der Waals surface area contributed by atoms with Crippen molar-refractivity contribution >= 4 is 11.7 Å². The number of amides is 1. The fraction of sp³-hybridized carbons (Fsp3) is 0.227. The van der Waals surface area contributed by atoms with E-state index in [1.165, 1.54) is 24.4 Å². The minimum atomic E-state index is -4.79. The molecule has 0 aliphatic carbocycles. The first-order chi connectivity index (χ1) is 15.3. The second-order valence-corrected chi connectivity index (χ2v) is 7.05. The van der Waals surface area contributed by atoms with Crippen LogP contribution in [0, 0.1) is 0 Å². The number of morpholine rings is 1. The van der Waals surface area contributed by atoms with E-state index in [1.807, 2.05) is 0 Å². The van der Waals surface area contributed by atoms with Crippen LogP contribution >= 0.6 is 0 Å². The lowest BCUT2D eigenvalue weighted by atomic mass is 10.1. The van der Waals surface area contributed by atoms with E-state index in [1.54, 1.807) is 35.2 Å². The molecule has 4 rings (SSSR count). The third kappa shape index (κ3) is 4.97. The van der Waals surface area contributed by atoms with E-state index in [0.717, 1.165) is 0 Å². The topological polar surface area (TPSA) is 90.6 Å². The number of benzene rings is 2. The van der Waals surface area contributed by atoms with Gasteiger partial charge in [0.05, 0.1) is 25.1 Å². The van der Waals surface area contributed by atoms with Gasteiger partial charge in [-0.25, -0.2) is 9.97 Å². The number of carbonyl (C=O) groups is 1. The van der Waals surface area contributed by atoms with Gasteiger partial charge in [-0.2, -0.15) is 0 Å². The van der Waals surface area contributed by atoms with Gasteiger partial charge in [-0.15, -0.1) is 13.2 Å². The number of halogens is 3. The first kappa shape index (κ1) is 21.6. The Balaban J connectivity index is 1.59. The Morgan fingerprint density at radius 1 is 1.06 bits per heavy atom. The smallest absolute Gasteiger partial charge is 0.406 e. The molecular formula is C22H19F3N4O3. The molecule has 2 heterocycles. The van der Waals surface area contributed by atoms with Crippen molar-refractivity contribution < 1.29 is 27.4 Å². The van der Waals surface area contributed by atoms with Crippen molar-refractivity contribution in [3.8, 4) is 28.3 Å². The first-order valence-electron chi connectivity index (χ1n) is 9.76. The van der Waals surface area contributed by atoms with Crippen LogP contribution in [0.3, 0.4) is 0 Å². The Labute approximate surface area is 181 Å². The summed E-state index contributed by atoms with van der Waals surface area (Å²) >= 11 is 0. The molecule has 1 aliphatic rings. The molecule has 1 aromatic heterocycles. The number of rotatable bonds is 4. The van der Waals surface area contributed by atoms with E-state index >= 15 is 0 Å². The van der Waals surface area contributed by atoms with Crippen LogP contribution in [-0.4, -0.2) is 53.4 Å². The molecule has 32 heavy (non-hydrogen) atoms. The molecule has 0 spiro atoms. The summed E-state index contributed by atoms with van der Waals surface area (Å²) in [6, 6.07) is 12.2. The number of aromatic nitrogens is 2. The van der Waals surface area contributed by atoms with Crippen LogP contribution in [-0.2, 0) is 4.74 Å². The predicted octanol–water partition coefficient (Wildman–Crippen LogP) is 3.76. The van der Waals surface area contributed by atoms with E-state index in [9.17, 15) is 18.0 Å². The maximum absolute atomic E-state index is 12.6. The molecular weight excluding hydrogens is 425 g/mol. The van der Waals surface area contributed by atoms with Gasteiger partial charge in [-0.1, -0.05) is 24.3 Å². The number of ether oxygens (including phenoxy) is 2. The van der Waals surface area contributed by atoms with Gasteiger partial charge < -0.3 is 20.1 Å². The molecule has 2 aromatic carbocycles. The number of nitrogens with zero attached hydrogens (tertiary/aromatic N) is 3. The van der Waals surface area contributed by atoms with Crippen LogP contribution in [0.15, 0.2) is 54.7 Å². The molecule has 1 fully saturated rings. The van der Waals surface area contributed by atoms with Crippen molar-refractivity contribution in [2.75, 3.05) is 32.0 Å². The van der Waals surface area contributed by atoms with Gasteiger partial charge >= 0.3 is 6.36 Å². The molecule has 3 aromatic rings. The quantitative estimate of drug-likeness (QED) is 0.659. The van der Waals surface area contributed by atoms with Crippen LogP contribution in [0.5, 0.6) is 5.75 Å². The maximum Gasteiger partial charge on any atom is 0.573 e. The molecule has 1 aliphatic heterocycles. The van der Waals surface area contributed by atoms with Crippen molar-refractivity contribution in [2.24, 2.45) is 0 Å². The van der Waals surface area contributed by atoms with Gasteiger partial charge in [0, 0.05) is 29.8 Å². The van der Waals surface area contributed by atoms with Gasteiger partial charge in [0.25, 0.3) is 5.91 Å². The van der Waals surface area contributed by atoms with Crippen LogP contribution in [0.1, 0.15) is 10.4 Å². The van der Waals surface area contributed by atoms with Crippen LogP contribution < -0.4 is 10.5 Å². The summed E-state index contributed by atoms with van der Waals surface area (Å²) in [5.41, 5.74) is 8.21. The summed E-state index contributed by atoms with van der Waals surface area (Å²) in [5.74, 6) is -0.293. The summed E-state index contributed by atoms with van der Waals surface area (Å²) in [6.45, 7) is 2.10. The van der Waals surface area contributed by atoms with Crippen molar-refractivity contribution in [2.45, 2.75) is 6.36 Å². The predicted molar refractivity (Wildman–Crippen MR) is 111 cm³/mol. The van der Waals surface area contributed by atoms with Gasteiger partial charge in [-0.05, 0) is 24.3 Å². The fourth-order valence-corrected chi connectivity index (χ4v) is 3.32. The minimum absolute atomic E-state index is 0.0888. The zero-order valence-corrected chi connectivity index (χ0v) is 16.8. The summed E-state index contributed by atoms with van der Waals surface area (Å²) in [7, 11) is 0. The number of hydrogen-bond donors (Lipinski definition) is 1. The van der Waals surface area contributed by atoms with Crippen molar-refractivity contribution in [3.63, 3.8) is 0 Å². The first-order valence-corrected chi connectivity index (χ1v) is 9.76. The second kappa shape index (κ2) is 8.83. The summed E-state index contributed by atoms with van der Waals surface area (Å²) in [4.78, 5) is 22.9. The number of anilines is 1. The number of hydrogen-bond acceptors (Lipinski definition) is 6. The third-order valence-electron chi connectivity index (χ3n) is 4.87. The van der Waals surface area contributed by atoms with Gasteiger partial charge in [0.15, 0.2) is 0 Å². The normalized spacial score (nSPS) is 14.3. The van der Waals surface area contributed by atoms with E-state index in [4.69, 9.17) is 10.5 Å². The summed E-state index contributed by atoms with van der Waals surface area (Å²) in [6.07, 6.45) is -3.42. The molecule has 0 unspecified atom stereocenters. The van der Waals surface area contributed by atoms with Gasteiger partial charge in [-0.3, -0.25) is 4.79 Å². The Bertz CT molecular complexity index is 1110. The molecule has 7 nitrogen and oxygen atoms in total. The number of nitrogens with two attached hydrogens (primary N) is 1. The Kier molecular flexibility index (Phi) is 5.95. The highest BCUT2D eigenvalue weighted by Gasteiger charge is 2.31. The molecule has 166 valence electrons. The van der Waals surface area contributed by atoms with E-state index in [2.05, 4.69) is 14.7 Å². The molecule has 1 saturated heterocycles. The largest absolute Gasteiger partial charge is 0.573 e. The molecule has 0 bridgehead atoms. The minimum Gasteiger partial charge on any atom is -0.406 e. The number of nitrogen functional groups attached to an aromatic ring is 1. The maximum atomic E-state index is 12.6. The second-order valence-electron chi connectivity index (χ2n) is 7.05. The molecule has 0 atom stereocenters. The van der Waals surface area contributed by atoms with E-state index < -0.39 is 6.36 Å². The SMILES string of the molecule is Nc1ncc(-c2cccc(OC(F)(F)F)c2)nc1-c1ccc(C(=O)N2CCOCC2)cc1. The lowest BCUT2D eigenvalue weighted by molar-refractivity contribution is -0.274. The lowest BCUT2D eigenvalue weighted by Gasteiger charge is -2.26. The third-order valence-corrected chi connectivity index (χ3v) is 4.87. The zero-order chi connectivity index (χ0) is 22.7. The summed E-state index contributed by atoms with van der Waals surface area (Å²) < 4.78 is 46.8. The number of alkyl halides is 3. The standard InChI is InChI=1S/C22H19F3N4O3/c23-22(24,25)32-17-3-1-2-16(12-17)18-13-27-20(26)19(28-18)14-4-6-15(7-5-14)21(30)29-8-10-31-11-9-29/h1-7,12-13H,8-11H2,(H2,26,27). The molecule has 2 N–H and O–H groups in total. The molecule has 0 radical (unpaired) electrons. The van der Waals surface area contributed by atoms with Gasteiger partial charge in [0.1, 0.15) is 17.3 Å². The monoisotopic (exact) mass is 444 g/mol. The highest BCUT2D eigenvalue weighted by molar-refractivity contribution is 5.95. The van der Waals surface area contributed by atoms with Crippen LogP contribution in [0.4, 0.5) is 19.0 Å². The molecule has 0 saturated carbocycles. The average Bonchev–Trinajstić information content (AvgIpc) is 2.79. The van der Waals surface area contributed by atoms with Crippen molar-refractivity contribution in [1.29, 1.82) is 0 Å². The van der Waals surface area contributed by atoms with Crippen LogP contribution in [0.25, 0.3) is 22.5 Å². The Morgan fingerprint density at radius 2 is 1.78 bits per heavy atom. The van der Waals surface area contributed by atoms with E-state index in [0.29, 0.717) is 54.4 Å². The Morgan fingerprint density at radius 3 is 2.47 bits per heavy atom. The van der Waals surface area contributed by atoms with Crippen molar-refractivity contribution in [3.05, 3.63) is 60.3 Å². The lowest BCUT2D eigenvalue weighted by Crippen LogP contribution is -2.40. The van der Waals surface area contributed by atoms with Crippen molar-refractivity contribution in [1.82, 2.24) is 14.9 Å². The van der Waals surface area contributed by atoms with E-state index in [-0.39, 0.29) is 17.5 Å².